The summed E-state index contributed by atoms with van der Waals surface area (Å²) in [5.41, 5.74) is 0. The summed E-state index contributed by atoms with van der Waals surface area (Å²) in [4.78, 5) is 0. The Bertz CT molecular complexity index is 97.7. The molecule has 10 heavy (non-hydrogen) atoms. The number of hydrogen-bond acceptors (Lipinski definition) is 0. The fraction of sp³-hybridized carbons (Fsp3) is 1.00. The molecule has 0 spiro atoms. The summed E-state index contributed by atoms with van der Waals surface area (Å²) in [6.45, 7) is 5.63. The van der Waals surface area contributed by atoms with Gasteiger partial charge in [0.2, 0.25) is 0 Å². The monoisotopic (exact) mass is 170 g/mol. The Balaban J connectivity index is 3.68. The summed E-state index contributed by atoms with van der Waals surface area (Å²) in [5.74, 6) is 0. The van der Waals surface area contributed by atoms with Gasteiger partial charge in [0.05, 0.1) is 0 Å². The zero-order valence-electron chi connectivity index (χ0n) is 6.50. The molecule has 0 aliphatic heterocycles. The quantitative estimate of drug-likeness (QED) is 0.571. The van der Waals surface area contributed by atoms with Crippen molar-refractivity contribution in [2.45, 2.75) is 38.3 Å². The van der Waals surface area contributed by atoms with Crippen molar-refractivity contribution in [1.82, 2.24) is 0 Å². The molecule has 0 aliphatic carbocycles. The molecule has 0 radical (unpaired) electrons. The molecular formula is C6H13F3Si. The molecular weight excluding hydrogens is 157 g/mol. The molecule has 4 heteroatoms. The van der Waals surface area contributed by atoms with Crippen molar-refractivity contribution in [2.75, 3.05) is 0 Å². The summed E-state index contributed by atoms with van der Waals surface area (Å²) in [7, 11) is -1.64. The highest BCUT2D eigenvalue weighted by atomic mass is 28.3. The first-order valence-corrected chi connectivity index (χ1v) is 6.96. The van der Waals surface area contributed by atoms with E-state index in [2.05, 4.69) is 0 Å². The van der Waals surface area contributed by atoms with Crippen LogP contribution in [0.2, 0.25) is 25.7 Å². The summed E-state index contributed by atoms with van der Waals surface area (Å²) >= 11 is 0. The number of alkyl halides is 3. The molecule has 0 bridgehead atoms. The van der Waals surface area contributed by atoms with Crippen molar-refractivity contribution < 1.29 is 13.2 Å². The summed E-state index contributed by atoms with van der Waals surface area (Å²) in [6, 6.07) is 0.0602. The lowest BCUT2D eigenvalue weighted by molar-refractivity contribution is 0.0595. The molecule has 0 rings (SSSR count). The third kappa shape index (κ3) is 4.85. The normalized spacial score (nSPS) is 15.9. The molecule has 0 fully saturated rings. The van der Waals surface area contributed by atoms with Crippen molar-refractivity contribution in [3.8, 4) is 0 Å². The number of rotatable bonds is 3. The van der Waals surface area contributed by atoms with E-state index in [1.54, 1.807) is 0 Å². The standard InChI is InChI=1S/C6H13F3Si/c1-10(2,3)4-5(7)6(8)9/h5-6H,4H2,1-3H3. The van der Waals surface area contributed by atoms with Crippen LogP contribution in [0.15, 0.2) is 0 Å². The van der Waals surface area contributed by atoms with E-state index in [4.69, 9.17) is 0 Å². The van der Waals surface area contributed by atoms with Gasteiger partial charge in [-0.25, -0.2) is 13.2 Å². The van der Waals surface area contributed by atoms with Gasteiger partial charge in [-0.2, -0.15) is 0 Å². The first kappa shape index (κ1) is 10.0. The molecule has 0 aromatic carbocycles. The Kier molecular flexibility index (Phi) is 3.42. The molecule has 0 nitrogen and oxygen atoms in total. The smallest absolute Gasteiger partial charge is 0.242 e. The van der Waals surface area contributed by atoms with Crippen LogP contribution in [-0.4, -0.2) is 20.7 Å². The maximum atomic E-state index is 12.3. The van der Waals surface area contributed by atoms with Gasteiger partial charge in [0, 0.05) is 8.07 Å². The second-order valence-electron chi connectivity index (χ2n) is 3.62. The maximum absolute atomic E-state index is 12.3. The predicted octanol–water partition coefficient (Wildman–Crippen LogP) is 2.93. The first-order valence-electron chi connectivity index (χ1n) is 3.25. The molecule has 1 unspecified atom stereocenters. The van der Waals surface area contributed by atoms with Crippen LogP contribution in [0.5, 0.6) is 0 Å². The molecule has 0 aromatic heterocycles. The van der Waals surface area contributed by atoms with Crippen LogP contribution in [-0.2, 0) is 0 Å². The van der Waals surface area contributed by atoms with Crippen LogP contribution in [0.25, 0.3) is 0 Å². The lowest BCUT2D eigenvalue weighted by atomic mass is 10.5. The van der Waals surface area contributed by atoms with E-state index in [-0.39, 0.29) is 6.04 Å². The Labute approximate surface area is 60.4 Å². The van der Waals surface area contributed by atoms with Crippen LogP contribution < -0.4 is 0 Å². The minimum atomic E-state index is -2.80. The average molecular weight is 170 g/mol. The summed E-state index contributed by atoms with van der Waals surface area (Å²) in [6.07, 6.45) is -4.71. The minimum Gasteiger partial charge on any atom is -0.242 e. The van der Waals surface area contributed by atoms with Gasteiger partial charge in [-0.15, -0.1) is 0 Å². The molecule has 0 aliphatic rings. The van der Waals surface area contributed by atoms with Gasteiger partial charge < -0.3 is 0 Å². The van der Waals surface area contributed by atoms with E-state index >= 15 is 0 Å². The van der Waals surface area contributed by atoms with Gasteiger partial charge in [-0.3, -0.25) is 0 Å². The summed E-state index contributed by atoms with van der Waals surface area (Å²) < 4.78 is 35.5. The molecule has 1 atom stereocenters. The van der Waals surface area contributed by atoms with Crippen molar-refractivity contribution in [3.63, 3.8) is 0 Å². The number of halogens is 3. The topological polar surface area (TPSA) is 0 Å². The molecule has 0 N–H and O–H groups in total. The van der Waals surface area contributed by atoms with Crippen molar-refractivity contribution >= 4 is 8.07 Å². The predicted molar refractivity (Wildman–Crippen MR) is 39.1 cm³/mol. The van der Waals surface area contributed by atoms with E-state index in [0.717, 1.165) is 0 Å². The van der Waals surface area contributed by atoms with E-state index in [1.165, 1.54) is 0 Å². The van der Waals surface area contributed by atoms with Gasteiger partial charge in [-0.05, 0) is 6.04 Å². The number of hydrogen-bond donors (Lipinski definition) is 0. The largest absolute Gasteiger partial charge is 0.269 e. The highest BCUT2D eigenvalue weighted by molar-refractivity contribution is 6.76. The van der Waals surface area contributed by atoms with Crippen molar-refractivity contribution in [1.29, 1.82) is 0 Å². The Hall–Kier alpha value is 0.00688. The zero-order chi connectivity index (χ0) is 8.36. The third-order valence-corrected chi connectivity index (χ3v) is 2.70. The third-order valence-electron chi connectivity index (χ3n) is 1.08. The molecule has 0 saturated carbocycles. The molecule has 0 saturated heterocycles. The molecule has 0 heterocycles. The zero-order valence-corrected chi connectivity index (χ0v) is 7.50. The van der Waals surface area contributed by atoms with Gasteiger partial charge in [0.1, 0.15) is 0 Å². The second-order valence-corrected chi connectivity index (χ2v) is 9.14. The lowest BCUT2D eigenvalue weighted by Crippen LogP contribution is -2.28. The van der Waals surface area contributed by atoms with E-state index in [9.17, 15) is 13.2 Å². The Morgan fingerprint density at radius 2 is 1.50 bits per heavy atom. The minimum absolute atomic E-state index is 0.0602. The van der Waals surface area contributed by atoms with Gasteiger partial charge in [0.15, 0.2) is 6.17 Å². The summed E-state index contributed by atoms with van der Waals surface area (Å²) in [5, 5.41) is 0. The Morgan fingerprint density at radius 1 is 1.10 bits per heavy atom. The van der Waals surface area contributed by atoms with E-state index < -0.39 is 20.7 Å². The van der Waals surface area contributed by atoms with Crippen LogP contribution in [0.1, 0.15) is 0 Å². The van der Waals surface area contributed by atoms with Crippen molar-refractivity contribution in [3.05, 3.63) is 0 Å². The van der Waals surface area contributed by atoms with Gasteiger partial charge >= 0.3 is 0 Å². The second kappa shape index (κ2) is 3.41. The van der Waals surface area contributed by atoms with Gasteiger partial charge in [-0.1, -0.05) is 19.6 Å². The van der Waals surface area contributed by atoms with Crippen LogP contribution in [0.3, 0.4) is 0 Å². The van der Waals surface area contributed by atoms with Crippen LogP contribution in [0.4, 0.5) is 13.2 Å². The highest BCUT2D eigenvalue weighted by Crippen LogP contribution is 2.18. The average Bonchev–Trinajstić information content (AvgIpc) is 1.60. The van der Waals surface area contributed by atoms with E-state index in [0.29, 0.717) is 0 Å². The van der Waals surface area contributed by atoms with Gasteiger partial charge in [0.25, 0.3) is 6.43 Å². The molecule has 0 aromatic rings. The van der Waals surface area contributed by atoms with Crippen LogP contribution >= 0.6 is 0 Å². The molecule has 62 valence electrons. The fourth-order valence-electron chi connectivity index (χ4n) is 0.674. The fourth-order valence-corrected chi connectivity index (χ4v) is 2.02. The maximum Gasteiger partial charge on any atom is 0.269 e. The van der Waals surface area contributed by atoms with Crippen molar-refractivity contribution in [2.24, 2.45) is 0 Å². The van der Waals surface area contributed by atoms with E-state index in [1.807, 2.05) is 19.6 Å². The molecule has 0 amide bonds. The first-order chi connectivity index (χ1) is 4.33. The van der Waals surface area contributed by atoms with Crippen LogP contribution in [0, 0.1) is 0 Å². The lowest BCUT2D eigenvalue weighted by Gasteiger charge is -2.17. The highest BCUT2D eigenvalue weighted by Gasteiger charge is 2.26. The SMILES string of the molecule is C[Si](C)(C)CC(F)C(F)F. The Morgan fingerprint density at radius 3 is 1.60 bits per heavy atom.